The highest BCUT2D eigenvalue weighted by Crippen LogP contribution is 2.50. The number of methoxy groups -OCH3 is 1. The first-order valence-electron chi connectivity index (χ1n) is 12.0. The molecular weight excluding hydrogens is 560 g/mol. The number of nitrogens with zero attached hydrogens (tertiary/aromatic N) is 4. The van der Waals surface area contributed by atoms with Crippen molar-refractivity contribution in [3.8, 4) is 11.1 Å². The quantitative estimate of drug-likeness (QED) is 0.312. The third-order valence-corrected chi connectivity index (χ3v) is 8.40. The van der Waals surface area contributed by atoms with E-state index < -0.39 is 29.3 Å². The zero-order valence-corrected chi connectivity index (χ0v) is 22.3. The van der Waals surface area contributed by atoms with Gasteiger partial charge in [-0.2, -0.15) is 18.2 Å². The summed E-state index contributed by atoms with van der Waals surface area (Å²) in [6, 6.07) is 3.96. The van der Waals surface area contributed by atoms with Crippen LogP contribution in [0.15, 0.2) is 46.6 Å². The van der Waals surface area contributed by atoms with Gasteiger partial charge in [-0.3, -0.25) is 9.36 Å². The molecule has 5 rings (SSSR count). The van der Waals surface area contributed by atoms with E-state index in [1.807, 2.05) is 0 Å². The maximum absolute atomic E-state index is 14.6. The summed E-state index contributed by atoms with van der Waals surface area (Å²) in [6.07, 6.45) is -3.58. The lowest BCUT2D eigenvalue weighted by molar-refractivity contribution is -0.137. The summed E-state index contributed by atoms with van der Waals surface area (Å²) in [5.41, 5.74) is -1.36. The second-order valence-electron chi connectivity index (χ2n) is 9.18. The van der Waals surface area contributed by atoms with Crippen LogP contribution in [0.2, 0.25) is 5.02 Å². The summed E-state index contributed by atoms with van der Waals surface area (Å²) >= 11 is 7.14. The molecule has 0 unspecified atom stereocenters. The number of hydrogen-bond donors (Lipinski definition) is 0. The third kappa shape index (κ3) is 4.89. The number of rotatable bonds is 5. The number of aromatic nitrogens is 2. The zero-order valence-electron chi connectivity index (χ0n) is 20.7. The average molecular weight is 583 g/mol. The SMILES string of the molecule is C=CC(=O)N1CCN(c2nc(=O)n3c4c(c(-c5ccc(F)c(Cl)c5)c(C(F)(F)F)cc24)SC[C@@H]3COC)CC1. The largest absolute Gasteiger partial charge is 0.417 e. The molecule has 1 saturated heterocycles. The fourth-order valence-electron chi connectivity index (χ4n) is 5.08. The number of benzene rings is 2. The number of halogens is 5. The van der Waals surface area contributed by atoms with E-state index in [-0.39, 0.29) is 63.6 Å². The number of hydrogen-bond acceptors (Lipinski definition) is 6. The van der Waals surface area contributed by atoms with Crippen molar-refractivity contribution in [2.45, 2.75) is 17.1 Å². The number of ether oxygens (including phenoxy) is 1. The van der Waals surface area contributed by atoms with Crippen molar-refractivity contribution in [2.24, 2.45) is 0 Å². The maximum Gasteiger partial charge on any atom is 0.417 e. The fourth-order valence-corrected chi connectivity index (χ4v) is 6.58. The molecule has 1 aromatic heterocycles. The van der Waals surface area contributed by atoms with Crippen LogP contribution in [0.1, 0.15) is 11.6 Å². The van der Waals surface area contributed by atoms with Gasteiger partial charge in [-0.25, -0.2) is 9.18 Å². The average Bonchev–Trinajstić information content (AvgIpc) is 2.91. The van der Waals surface area contributed by atoms with Crippen LogP contribution in [-0.4, -0.2) is 66.0 Å². The van der Waals surface area contributed by atoms with Gasteiger partial charge in [0.2, 0.25) is 5.91 Å². The molecule has 2 aliphatic heterocycles. The Morgan fingerprint density at radius 1 is 1.26 bits per heavy atom. The van der Waals surface area contributed by atoms with Crippen LogP contribution in [0.3, 0.4) is 0 Å². The van der Waals surface area contributed by atoms with Gasteiger partial charge in [0, 0.05) is 54.9 Å². The second kappa shape index (κ2) is 10.5. The molecule has 3 aromatic rings. The van der Waals surface area contributed by atoms with E-state index in [0.717, 1.165) is 18.2 Å². The minimum absolute atomic E-state index is 0.0808. The lowest BCUT2D eigenvalue weighted by Gasteiger charge is -2.36. The van der Waals surface area contributed by atoms with E-state index in [1.54, 1.807) is 9.80 Å². The van der Waals surface area contributed by atoms with Crippen molar-refractivity contribution in [1.29, 1.82) is 0 Å². The van der Waals surface area contributed by atoms with Gasteiger partial charge in [-0.1, -0.05) is 24.2 Å². The summed E-state index contributed by atoms with van der Waals surface area (Å²) in [5.74, 6) is -0.622. The second-order valence-corrected chi connectivity index (χ2v) is 10.6. The van der Waals surface area contributed by atoms with E-state index in [2.05, 4.69) is 11.6 Å². The molecule has 206 valence electrons. The number of amides is 1. The molecule has 0 aliphatic carbocycles. The molecule has 1 amide bonds. The first-order valence-corrected chi connectivity index (χ1v) is 13.4. The summed E-state index contributed by atoms with van der Waals surface area (Å²) in [6.45, 7) is 4.78. The van der Waals surface area contributed by atoms with Gasteiger partial charge in [0.25, 0.3) is 0 Å². The van der Waals surface area contributed by atoms with Crippen molar-refractivity contribution in [1.82, 2.24) is 14.5 Å². The Morgan fingerprint density at radius 2 is 1.97 bits per heavy atom. The van der Waals surface area contributed by atoms with Crippen LogP contribution in [0.5, 0.6) is 0 Å². The highest BCUT2D eigenvalue weighted by atomic mass is 35.5. The van der Waals surface area contributed by atoms with Crippen LogP contribution in [0, 0.1) is 5.82 Å². The topological polar surface area (TPSA) is 67.7 Å². The van der Waals surface area contributed by atoms with Gasteiger partial charge >= 0.3 is 11.9 Å². The standard InChI is InChI=1S/C26H23ClF4N4O3S/c1-3-20(36)33-6-8-34(9-7-33)24-16-11-17(26(29,30)31)21(14-4-5-19(28)18(27)10-14)23-22(16)35(25(37)32-24)15(12-38-2)13-39-23/h3-5,10-11,15H,1,6-9,12-13H2,2H3/t15-/m0/s1. The zero-order chi connectivity index (χ0) is 28.1. The van der Waals surface area contributed by atoms with Crippen molar-refractivity contribution in [3.63, 3.8) is 0 Å². The predicted octanol–water partition coefficient (Wildman–Crippen LogP) is 5.00. The van der Waals surface area contributed by atoms with Gasteiger partial charge in [0.1, 0.15) is 11.6 Å². The number of anilines is 1. The first-order chi connectivity index (χ1) is 18.5. The molecule has 0 N–H and O–H groups in total. The third-order valence-electron chi connectivity index (χ3n) is 6.87. The minimum Gasteiger partial charge on any atom is -0.383 e. The van der Waals surface area contributed by atoms with E-state index >= 15 is 0 Å². The van der Waals surface area contributed by atoms with Crippen molar-refractivity contribution in [2.75, 3.05) is 50.5 Å². The number of alkyl halides is 3. The molecule has 0 saturated carbocycles. The van der Waals surface area contributed by atoms with Crippen molar-refractivity contribution < 1.29 is 27.1 Å². The van der Waals surface area contributed by atoms with Crippen LogP contribution in [-0.2, 0) is 15.7 Å². The van der Waals surface area contributed by atoms with Gasteiger partial charge < -0.3 is 14.5 Å². The Balaban J connectivity index is 1.80. The normalized spacial score (nSPS) is 17.5. The highest BCUT2D eigenvalue weighted by Gasteiger charge is 2.39. The Morgan fingerprint density at radius 3 is 2.59 bits per heavy atom. The van der Waals surface area contributed by atoms with Crippen LogP contribution < -0.4 is 10.6 Å². The summed E-state index contributed by atoms with van der Waals surface area (Å²) in [5, 5.41) is -0.156. The number of carbonyl (C=O) groups excluding carboxylic acids is 1. The van der Waals surface area contributed by atoms with E-state index in [0.29, 0.717) is 18.6 Å². The fraction of sp³-hybridized carbons (Fsp3) is 0.346. The van der Waals surface area contributed by atoms with Gasteiger partial charge in [-0.15, -0.1) is 11.8 Å². The van der Waals surface area contributed by atoms with E-state index in [9.17, 15) is 27.2 Å². The monoisotopic (exact) mass is 582 g/mol. The summed E-state index contributed by atoms with van der Waals surface area (Å²) < 4.78 is 64.5. The smallest absolute Gasteiger partial charge is 0.383 e. The van der Waals surface area contributed by atoms with Crippen LogP contribution in [0.4, 0.5) is 23.4 Å². The molecule has 7 nitrogen and oxygen atoms in total. The lowest BCUT2D eigenvalue weighted by atomic mass is 9.96. The molecule has 2 aliphatic rings. The first kappa shape index (κ1) is 27.5. The molecule has 39 heavy (non-hydrogen) atoms. The predicted molar refractivity (Wildman–Crippen MR) is 142 cm³/mol. The Kier molecular flexibility index (Phi) is 7.38. The Hall–Kier alpha value is -3.09. The van der Waals surface area contributed by atoms with Crippen molar-refractivity contribution in [3.05, 3.63) is 63.8 Å². The van der Waals surface area contributed by atoms with Gasteiger partial charge in [0.15, 0.2) is 0 Å². The summed E-state index contributed by atoms with van der Waals surface area (Å²) in [4.78, 5) is 33.2. The molecule has 0 spiro atoms. The Bertz CT molecular complexity index is 1540. The number of thioether (sulfide) groups is 1. The number of piperazine rings is 1. The Labute approximate surface area is 230 Å². The molecule has 2 aromatic carbocycles. The van der Waals surface area contributed by atoms with Gasteiger partial charge in [-0.05, 0) is 29.8 Å². The minimum atomic E-state index is -4.78. The highest BCUT2D eigenvalue weighted by molar-refractivity contribution is 7.99. The molecule has 1 fully saturated rings. The van der Waals surface area contributed by atoms with E-state index in [4.69, 9.17) is 16.3 Å². The van der Waals surface area contributed by atoms with Crippen molar-refractivity contribution >= 4 is 46.0 Å². The molecule has 13 heteroatoms. The van der Waals surface area contributed by atoms with Gasteiger partial charge in [0.05, 0.1) is 28.8 Å². The van der Waals surface area contributed by atoms with Crippen LogP contribution in [0.25, 0.3) is 22.0 Å². The molecule has 3 heterocycles. The lowest BCUT2D eigenvalue weighted by Crippen LogP contribution is -2.49. The molecule has 0 bridgehead atoms. The summed E-state index contributed by atoms with van der Waals surface area (Å²) in [7, 11) is 1.48. The molecule has 0 radical (unpaired) electrons. The maximum atomic E-state index is 14.6. The van der Waals surface area contributed by atoms with E-state index in [1.165, 1.54) is 35.6 Å². The van der Waals surface area contributed by atoms with Crippen LogP contribution >= 0.6 is 23.4 Å². The molecular formula is C26H23ClF4N4O3S. The number of carbonyl (C=O) groups is 1. The molecule has 1 atom stereocenters.